The van der Waals surface area contributed by atoms with Crippen molar-refractivity contribution >= 4 is 11.8 Å². The lowest BCUT2D eigenvalue weighted by Gasteiger charge is -2.10. The average Bonchev–Trinajstić information content (AvgIpc) is 2.51. The summed E-state index contributed by atoms with van der Waals surface area (Å²) in [4.78, 5) is 0.929. The minimum absolute atomic E-state index is 0.129. The Hall–Kier alpha value is -1.29. The Morgan fingerprint density at radius 2 is 1.83 bits per heavy atom. The van der Waals surface area contributed by atoms with Gasteiger partial charge in [0, 0.05) is 4.90 Å². The van der Waals surface area contributed by atoms with Crippen LogP contribution in [0.2, 0.25) is 0 Å². The summed E-state index contributed by atoms with van der Waals surface area (Å²) >= 11 is 1.13. The van der Waals surface area contributed by atoms with Crippen molar-refractivity contribution in [1.29, 1.82) is 0 Å². The van der Waals surface area contributed by atoms with Crippen molar-refractivity contribution in [3.63, 3.8) is 0 Å². The molecular weight excluding hydrogens is 314 g/mol. The first-order chi connectivity index (χ1) is 10.9. The van der Waals surface area contributed by atoms with Gasteiger partial charge in [-0.25, -0.2) is 8.78 Å². The molecule has 0 saturated carbocycles. The van der Waals surface area contributed by atoms with Gasteiger partial charge in [-0.15, -0.1) is 0 Å². The molecule has 0 aliphatic heterocycles. The topological polar surface area (TPSA) is 9.23 Å². The molecule has 1 rings (SSSR count). The Balaban J connectivity index is 2.60. The summed E-state index contributed by atoms with van der Waals surface area (Å²) in [6, 6.07) is 7.18. The fourth-order valence-electron chi connectivity index (χ4n) is 2.05. The molecule has 1 aromatic carbocycles. The Kier molecular flexibility index (Phi) is 9.00. The van der Waals surface area contributed by atoms with Crippen molar-refractivity contribution in [2.75, 3.05) is 7.11 Å². The van der Waals surface area contributed by atoms with Crippen LogP contribution in [0.3, 0.4) is 0 Å². The lowest BCUT2D eigenvalue weighted by atomic mass is 10.0. The molecule has 1 nitrogen and oxygen atoms in total. The highest BCUT2D eigenvalue weighted by atomic mass is 32.2. The van der Waals surface area contributed by atoms with Gasteiger partial charge in [-0.05, 0) is 63.3 Å². The van der Waals surface area contributed by atoms with E-state index < -0.39 is 6.43 Å². The number of rotatable bonds is 9. The monoisotopic (exact) mass is 340 g/mol. The first-order valence-corrected chi connectivity index (χ1v) is 8.67. The third-order valence-corrected chi connectivity index (χ3v) is 4.53. The van der Waals surface area contributed by atoms with Gasteiger partial charge in [-0.2, -0.15) is 0 Å². The molecule has 0 aromatic heterocycles. The molecule has 0 saturated heterocycles. The first-order valence-electron chi connectivity index (χ1n) is 7.85. The molecule has 0 radical (unpaired) electrons. The van der Waals surface area contributed by atoms with Crippen LogP contribution >= 0.6 is 11.8 Å². The quantitative estimate of drug-likeness (QED) is 0.365. The lowest BCUT2D eigenvalue weighted by Crippen LogP contribution is -1.97. The van der Waals surface area contributed by atoms with Crippen LogP contribution in [0.4, 0.5) is 8.78 Å². The molecule has 23 heavy (non-hydrogen) atoms. The van der Waals surface area contributed by atoms with E-state index in [4.69, 9.17) is 4.74 Å². The van der Waals surface area contributed by atoms with Gasteiger partial charge in [0.2, 0.25) is 0 Å². The zero-order chi connectivity index (χ0) is 17.2. The molecule has 0 aliphatic rings. The fourth-order valence-corrected chi connectivity index (χ4v) is 2.86. The van der Waals surface area contributed by atoms with E-state index in [9.17, 15) is 8.78 Å². The Morgan fingerprint density at radius 3 is 2.35 bits per heavy atom. The second-order valence-electron chi connectivity index (χ2n) is 5.88. The third kappa shape index (κ3) is 8.21. The van der Waals surface area contributed by atoms with Crippen molar-refractivity contribution in [2.45, 2.75) is 51.4 Å². The van der Waals surface area contributed by atoms with Crippen LogP contribution in [-0.4, -0.2) is 13.5 Å². The van der Waals surface area contributed by atoms with Crippen molar-refractivity contribution < 1.29 is 13.5 Å². The van der Waals surface area contributed by atoms with E-state index in [2.05, 4.69) is 26.8 Å². The lowest BCUT2D eigenvalue weighted by molar-refractivity contribution is 0.199. The minimum atomic E-state index is -2.44. The van der Waals surface area contributed by atoms with Crippen molar-refractivity contribution in [1.82, 2.24) is 0 Å². The van der Waals surface area contributed by atoms with Crippen LogP contribution in [0.25, 0.3) is 0 Å². The molecule has 0 unspecified atom stereocenters. The molecule has 1 atom stereocenters. The molecule has 0 bridgehead atoms. The van der Waals surface area contributed by atoms with Gasteiger partial charge in [0.1, 0.15) is 5.75 Å². The summed E-state index contributed by atoms with van der Waals surface area (Å²) in [6.45, 7) is 6.26. The highest BCUT2D eigenvalue weighted by Gasteiger charge is 2.13. The zero-order valence-corrected chi connectivity index (χ0v) is 15.1. The largest absolute Gasteiger partial charge is 0.497 e. The Bertz CT molecular complexity index is 517. The number of benzene rings is 1. The number of methoxy groups -OCH3 is 1. The molecule has 0 heterocycles. The number of allylic oxidation sites excluding steroid dienone is 4. The number of halogens is 2. The summed E-state index contributed by atoms with van der Waals surface area (Å²) in [5, 5.41) is 0. The normalized spacial score (nSPS) is 13.1. The molecular formula is C19H26F2OS. The van der Waals surface area contributed by atoms with Gasteiger partial charge in [-0.3, -0.25) is 0 Å². The van der Waals surface area contributed by atoms with Crippen molar-refractivity contribution in [2.24, 2.45) is 5.92 Å². The number of alkyl halides is 2. The van der Waals surface area contributed by atoms with Gasteiger partial charge in [-0.1, -0.05) is 36.4 Å². The SMILES string of the molecule is COc1ccc(S/C(=C\C[C@H](C)CCC=C(C)C)C(F)F)cc1. The van der Waals surface area contributed by atoms with Crippen LogP contribution in [0.1, 0.15) is 40.0 Å². The summed E-state index contributed by atoms with van der Waals surface area (Å²) in [6.07, 6.45) is 4.15. The van der Waals surface area contributed by atoms with E-state index in [1.807, 2.05) is 0 Å². The number of hydrogen-bond acceptors (Lipinski definition) is 2. The van der Waals surface area contributed by atoms with Crippen LogP contribution in [-0.2, 0) is 0 Å². The van der Waals surface area contributed by atoms with Gasteiger partial charge in [0.15, 0.2) is 0 Å². The molecule has 0 spiro atoms. The fraction of sp³-hybridized carbons (Fsp3) is 0.474. The zero-order valence-electron chi connectivity index (χ0n) is 14.3. The van der Waals surface area contributed by atoms with Crippen LogP contribution in [0, 0.1) is 5.92 Å². The van der Waals surface area contributed by atoms with Gasteiger partial charge in [0.25, 0.3) is 6.43 Å². The highest BCUT2D eigenvalue weighted by Crippen LogP contribution is 2.33. The van der Waals surface area contributed by atoms with Gasteiger partial charge in [0.05, 0.1) is 12.0 Å². The van der Waals surface area contributed by atoms with E-state index in [-0.39, 0.29) is 4.91 Å². The second-order valence-corrected chi connectivity index (χ2v) is 7.03. The highest BCUT2D eigenvalue weighted by molar-refractivity contribution is 8.03. The number of thioether (sulfide) groups is 1. The van der Waals surface area contributed by atoms with E-state index in [0.29, 0.717) is 12.3 Å². The standard InChI is InChI=1S/C19H26F2OS/c1-14(2)6-5-7-15(3)8-13-18(19(20)21)23-17-11-9-16(22-4)10-12-17/h6,9-13,15,19H,5,7-8H2,1-4H3/b18-13-/t15-/m1/s1. The Labute approximate surface area is 142 Å². The van der Waals surface area contributed by atoms with Gasteiger partial charge >= 0.3 is 0 Å². The molecule has 0 N–H and O–H groups in total. The second kappa shape index (κ2) is 10.5. The molecule has 0 aliphatic carbocycles. The van der Waals surface area contributed by atoms with Crippen LogP contribution < -0.4 is 4.74 Å². The van der Waals surface area contributed by atoms with Gasteiger partial charge < -0.3 is 4.74 Å². The van der Waals surface area contributed by atoms with Crippen LogP contribution in [0.15, 0.2) is 51.8 Å². The van der Waals surface area contributed by atoms with Crippen LogP contribution in [0.5, 0.6) is 5.75 Å². The van der Waals surface area contributed by atoms with E-state index in [1.165, 1.54) is 5.57 Å². The summed E-state index contributed by atoms with van der Waals surface area (Å²) in [5.41, 5.74) is 1.30. The minimum Gasteiger partial charge on any atom is -0.497 e. The number of hydrogen-bond donors (Lipinski definition) is 0. The predicted molar refractivity (Wildman–Crippen MR) is 95.4 cm³/mol. The average molecular weight is 340 g/mol. The molecule has 0 fully saturated rings. The maximum atomic E-state index is 13.2. The summed E-state index contributed by atoms with van der Waals surface area (Å²) in [7, 11) is 1.59. The summed E-state index contributed by atoms with van der Waals surface area (Å²) in [5.74, 6) is 1.13. The summed E-state index contributed by atoms with van der Waals surface area (Å²) < 4.78 is 31.5. The molecule has 4 heteroatoms. The third-order valence-electron chi connectivity index (χ3n) is 3.44. The molecule has 0 amide bonds. The first kappa shape index (κ1) is 19.8. The number of ether oxygens (including phenoxy) is 1. The maximum Gasteiger partial charge on any atom is 0.269 e. The van der Waals surface area contributed by atoms with E-state index in [1.54, 1.807) is 37.5 Å². The Morgan fingerprint density at radius 1 is 1.17 bits per heavy atom. The maximum absolute atomic E-state index is 13.2. The molecule has 1 aromatic rings. The van der Waals surface area contributed by atoms with Crippen molar-refractivity contribution in [3.8, 4) is 5.75 Å². The van der Waals surface area contributed by atoms with E-state index in [0.717, 1.165) is 35.2 Å². The van der Waals surface area contributed by atoms with E-state index >= 15 is 0 Å². The molecule has 128 valence electrons. The smallest absolute Gasteiger partial charge is 0.269 e. The predicted octanol–water partition coefficient (Wildman–Crippen LogP) is 6.71. The van der Waals surface area contributed by atoms with Crippen molar-refractivity contribution in [3.05, 3.63) is 46.9 Å².